The fourth-order valence-corrected chi connectivity index (χ4v) is 1.92. The van der Waals surface area contributed by atoms with Crippen molar-refractivity contribution in [2.45, 2.75) is 32.0 Å². The topological polar surface area (TPSA) is 12.0 Å². The van der Waals surface area contributed by atoms with Gasteiger partial charge in [0.1, 0.15) is 5.82 Å². The molecule has 0 fully saturated rings. The first-order valence-electron chi connectivity index (χ1n) is 5.93. The molecule has 1 aromatic rings. The maximum Gasteiger partial charge on any atom is 0.416 e. The summed E-state index contributed by atoms with van der Waals surface area (Å²) in [5.41, 5.74) is -0.915. The molecule has 0 saturated carbocycles. The Morgan fingerprint density at radius 2 is 2.05 bits per heavy atom. The van der Waals surface area contributed by atoms with Crippen LogP contribution in [0.4, 0.5) is 17.6 Å². The molecule has 1 aromatic carbocycles. The highest BCUT2D eigenvalue weighted by Gasteiger charge is 2.35. The lowest BCUT2D eigenvalue weighted by Gasteiger charge is -2.22. The lowest BCUT2D eigenvalue weighted by molar-refractivity contribution is -0.138. The second-order valence-corrected chi connectivity index (χ2v) is 4.08. The van der Waals surface area contributed by atoms with Gasteiger partial charge < -0.3 is 5.32 Å². The second-order valence-electron chi connectivity index (χ2n) is 4.08. The van der Waals surface area contributed by atoms with Crippen LogP contribution in [0.15, 0.2) is 18.2 Å². The van der Waals surface area contributed by atoms with Crippen molar-refractivity contribution in [3.05, 3.63) is 35.1 Å². The molecule has 0 aliphatic carbocycles. The van der Waals surface area contributed by atoms with Crippen molar-refractivity contribution in [2.75, 3.05) is 6.54 Å². The van der Waals surface area contributed by atoms with Gasteiger partial charge in [0, 0.05) is 12.5 Å². The smallest absolute Gasteiger partial charge is 0.310 e. The Bertz CT molecular complexity index is 459. The molecule has 1 unspecified atom stereocenters. The summed E-state index contributed by atoms with van der Waals surface area (Å²) in [6.07, 6.45) is 1.28. The van der Waals surface area contributed by atoms with Crippen LogP contribution in [-0.4, -0.2) is 6.54 Å². The van der Waals surface area contributed by atoms with Crippen molar-refractivity contribution in [1.82, 2.24) is 5.32 Å². The summed E-state index contributed by atoms with van der Waals surface area (Å²) in [6, 6.07) is 1.90. The van der Waals surface area contributed by atoms with Crippen LogP contribution in [0, 0.1) is 18.2 Å². The van der Waals surface area contributed by atoms with Crippen molar-refractivity contribution in [3.8, 4) is 12.3 Å². The molecule has 0 spiro atoms. The maximum atomic E-state index is 13.2. The first kappa shape index (κ1) is 15.5. The lowest BCUT2D eigenvalue weighted by Crippen LogP contribution is -2.24. The van der Waals surface area contributed by atoms with Crippen molar-refractivity contribution < 1.29 is 17.6 Å². The van der Waals surface area contributed by atoms with Gasteiger partial charge in [-0.3, -0.25) is 0 Å². The van der Waals surface area contributed by atoms with Gasteiger partial charge >= 0.3 is 6.18 Å². The van der Waals surface area contributed by atoms with Gasteiger partial charge in [-0.05, 0) is 36.7 Å². The predicted octanol–water partition coefficient (Wildman–Crippen LogP) is 3.91. The molecule has 104 valence electrons. The molecule has 19 heavy (non-hydrogen) atoms. The van der Waals surface area contributed by atoms with E-state index in [2.05, 4.69) is 11.2 Å². The minimum atomic E-state index is -4.51. The molecule has 0 bridgehead atoms. The summed E-state index contributed by atoms with van der Waals surface area (Å²) in [6.45, 7) is 2.25. The van der Waals surface area contributed by atoms with Crippen molar-refractivity contribution in [3.63, 3.8) is 0 Å². The third-order valence-corrected chi connectivity index (χ3v) is 2.72. The Morgan fingerprint density at radius 3 is 2.58 bits per heavy atom. The van der Waals surface area contributed by atoms with E-state index in [4.69, 9.17) is 6.42 Å². The molecule has 0 radical (unpaired) electrons. The molecule has 1 atom stereocenters. The first-order chi connectivity index (χ1) is 8.90. The SMILES string of the molecule is C#CCCC(NCC)c1cc(F)ccc1C(F)(F)F. The fourth-order valence-electron chi connectivity index (χ4n) is 1.92. The van der Waals surface area contributed by atoms with E-state index in [1.807, 2.05) is 0 Å². The molecule has 0 heterocycles. The minimum absolute atomic E-state index is 0.0930. The Balaban J connectivity index is 3.19. The van der Waals surface area contributed by atoms with E-state index in [1.54, 1.807) is 6.92 Å². The molecule has 1 nitrogen and oxygen atoms in total. The second kappa shape index (κ2) is 6.58. The molecule has 0 aliphatic rings. The summed E-state index contributed by atoms with van der Waals surface area (Å²) in [5, 5.41) is 2.91. The number of rotatable bonds is 5. The standard InChI is InChI=1S/C14H15F4N/c1-3-5-6-13(19-4-2)11-9-10(15)7-8-12(11)14(16,17)18/h1,7-9,13,19H,4-6H2,2H3. The number of nitrogens with one attached hydrogen (secondary N) is 1. The van der Waals surface area contributed by atoms with Crippen molar-refractivity contribution in [2.24, 2.45) is 0 Å². The highest BCUT2D eigenvalue weighted by atomic mass is 19.4. The third kappa shape index (κ3) is 4.25. The monoisotopic (exact) mass is 273 g/mol. The number of hydrogen-bond acceptors (Lipinski definition) is 1. The summed E-state index contributed by atoms with van der Waals surface area (Å²) in [5.74, 6) is 1.70. The van der Waals surface area contributed by atoms with Gasteiger partial charge in [-0.2, -0.15) is 13.2 Å². The molecule has 0 aromatic heterocycles. The van der Waals surface area contributed by atoms with Crippen LogP contribution in [0.1, 0.15) is 36.9 Å². The summed E-state index contributed by atoms with van der Waals surface area (Å²) >= 11 is 0. The largest absolute Gasteiger partial charge is 0.416 e. The first-order valence-corrected chi connectivity index (χ1v) is 5.93. The average molecular weight is 273 g/mol. The van der Waals surface area contributed by atoms with E-state index in [0.29, 0.717) is 19.4 Å². The summed E-state index contributed by atoms with van der Waals surface area (Å²) in [4.78, 5) is 0. The van der Waals surface area contributed by atoms with E-state index in [-0.39, 0.29) is 5.56 Å². The van der Waals surface area contributed by atoms with Crippen LogP contribution >= 0.6 is 0 Å². The zero-order valence-corrected chi connectivity index (χ0v) is 10.5. The van der Waals surface area contributed by atoms with E-state index >= 15 is 0 Å². The lowest BCUT2D eigenvalue weighted by atomic mass is 9.96. The fraction of sp³-hybridized carbons (Fsp3) is 0.429. The number of alkyl halides is 3. The van der Waals surface area contributed by atoms with Crippen LogP contribution in [0.5, 0.6) is 0 Å². The van der Waals surface area contributed by atoms with Crippen LogP contribution in [0.25, 0.3) is 0 Å². The van der Waals surface area contributed by atoms with Gasteiger partial charge in [0.25, 0.3) is 0 Å². The number of terminal acetylenes is 1. The quantitative estimate of drug-likeness (QED) is 0.633. The van der Waals surface area contributed by atoms with Crippen LogP contribution in [0.3, 0.4) is 0 Å². The van der Waals surface area contributed by atoms with Gasteiger partial charge in [0.2, 0.25) is 0 Å². The van der Waals surface area contributed by atoms with Gasteiger partial charge in [-0.15, -0.1) is 12.3 Å². The van der Waals surface area contributed by atoms with Gasteiger partial charge in [-0.1, -0.05) is 6.92 Å². The molecule has 0 aliphatic heterocycles. The Labute approximate surface area is 110 Å². The number of halogens is 4. The average Bonchev–Trinajstić information content (AvgIpc) is 2.32. The van der Waals surface area contributed by atoms with E-state index in [9.17, 15) is 17.6 Å². The van der Waals surface area contributed by atoms with Crippen LogP contribution in [0.2, 0.25) is 0 Å². The Morgan fingerprint density at radius 1 is 1.37 bits per heavy atom. The molecule has 1 rings (SSSR count). The number of hydrogen-bond donors (Lipinski definition) is 1. The van der Waals surface area contributed by atoms with Crippen molar-refractivity contribution >= 4 is 0 Å². The van der Waals surface area contributed by atoms with Crippen LogP contribution in [-0.2, 0) is 6.18 Å². The van der Waals surface area contributed by atoms with Crippen molar-refractivity contribution in [1.29, 1.82) is 0 Å². The molecular formula is C14H15F4N. The summed E-state index contributed by atoms with van der Waals surface area (Å²) < 4.78 is 52.0. The molecular weight excluding hydrogens is 258 g/mol. The van der Waals surface area contributed by atoms with E-state index in [0.717, 1.165) is 18.2 Å². The maximum absolute atomic E-state index is 13.2. The van der Waals surface area contributed by atoms with Crippen LogP contribution < -0.4 is 5.32 Å². The highest BCUT2D eigenvalue weighted by molar-refractivity contribution is 5.33. The van der Waals surface area contributed by atoms with E-state index in [1.165, 1.54) is 0 Å². The highest BCUT2D eigenvalue weighted by Crippen LogP contribution is 2.36. The minimum Gasteiger partial charge on any atom is -0.310 e. The van der Waals surface area contributed by atoms with Gasteiger partial charge in [-0.25, -0.2) is 4.39 Å². The Kier molecular flexibility index (Phi) is 5.37. The summed E-state index contributed by atoms with van der Waals surface area (Å²) in [7, 11) is 0. The molecule has 5 heteroatoms. The normalized spacial score (nSPS) is 13.1. The van der Waals surface area contributed by atoms with Gasteiger partial charge in [0.05, 0.1) is 5.56 Å². The number of benzene rings is 1. The third-order valence-electron chi connectivity index (χ3n) is 2.72. The predicted molar refractivity (Wildman–Crippen MR) is 65.9 cm³/mol. The van der Waals surface area contributed by atoms with Gasteiger partial charge in [0.15, 0.2) is 0 Å². The zero-order chi connectivity index (χ0) is 14.5. The molecule has 1 N–H and O–H groups in total. The zero-order valence-electron chi connectivity index (χ0n) is 10.5. The van der Waals surface area contributed by atoms with E-state index < -0.39 is 23.6 Å². The Hall–Kier alpha value is -1.54. The molecule has 0 saturated heterocycles. The molecule has 0 amide bonds.